The van der Waals surface area contributed by atoms with E-state index >= 15 is 0 Å². The molecule has 2 aromatic heterocycles. The van der Waals surface area contributed by atoms with Crippen molar-refractivity contribution in [2.24, 2.45) is 0 Å². The van der Waals surface area contributed by atoms with Crippen LogP contribution < -0.4 is 15.2 Å². The Balaban J connectivity index is 1.43. The summed E-state index contributed by atoms with van der Waals surface area (Å²) in [6.07, 6.45) is 0. The third-order valence-corrected chi connectivity index (χ3v) is 6.60. The Morgan fingerprint density at radius 2 is 1.16 bits per heavy atom. The maximum Gasteiger partial charge on any atom is 0.354 e. The van der Waals surface area contributed by atoms with Crippen LogP contribution in [-0.4, -0.2) is 108 Å². The van der Waals surface area contributed by atoms with Gasteiger partial charge in [0.2, 0.25) is 0 Å². The maximum atomic E-state index is 11.4. The highest BCUT2D eigenvalue weighted by molar-refractivity contribution is 5.85. The fourth-order valence-corrected chi connectivity index (χ4v) is 4.41. The van der Waals surface area contributed by atoms with Gasteiger partial charge >= 0.3 is 11.9 Å². The highest BCUT2D eigenvalue weighted by atomic mass is 16.5. The third kappa shape index (κ3) is 10.5. The molecule has 0 atom stereocenters. The zero-order valence-electron chi connectivity index (χ0n) is 23.9. The molecule has 230 valence electrons. The number of nitrogens with zero attached hydrogens (tertiary/aromatic N) is 4. The van der Waals surface area contributed by atoms with E-state index < -0.39 is 11.9 Å². The Labute approximate surface area is 249 Å². The topological polar surface area (TPSA) is 170 Å². The smallest absolute Gasteiger partial charge is 0.354 e. The van der Waals surface area contributed by atoms with Gasteiger partial charge in [0.05, 0.1) is 37.8 Å². The number of rotatable bonds is 6. The van der Waals surface area contributed by atoms with Crippen LogP contribution in [0, 0.1) is 0 Å². The van der Waals surface area contributed by atoms with Gasteiger partial charge in [-0.1, -0.05) is 12.1 Å². The van der Waals surface area contributed by atoms with Crippen LogP contribution >= 0.6 is 0 Å². The molecule has 1 aliphatic rings. The van der Waals surface area contributed by atoms with Gasteiger partial charge < -0.3 is 34.9 Å². The fraction of sp³-hybridized carbons (Fsp3) is 0.400. The second-order valence-corrected chi connectivity index (χ2v) is 9.82. The van der Waals surface area contributed by atoms with Crippen molar-refractivity contribution >= 4 is 17.6 Å². The van der Waals surface area contributed by atoms with Gasteiger partial charge in [0, 0.05) is 51.0 Å². The fourth-order valence-electron chi connectivity index (χ4n) is 4.41. The first-order valence-corrected chi connectivity index (χ1v) is 14.0. The van der Waals surface area contributed by atoms with Crippen molar-refractivity contribution in [3.8, 4) is 11.5 Å². The Morgan fingerprint density at radius 1 is 0.674 bits per heavy atom. The average molecular weight is 596 g/mol. The summed E-state index contributed by atoms with van der Waals surface area (Å²) in [5.74, 6) is -1.09. The number of aromatic carboxylic acids is 2. The van der Waals surface area contributed by atoms with E-state index in [0.29, 0.717) is 107 Å². The minimum Gasteiger partial charge on any atom is -0.488 e. The Hall–Kier alpha value is -4.30. The number of carboxylic acids is 2. The number of aromatic nitrogens is 2. The van der Waals surface area contributed by atoms with E-state index in [9.17, 15) is 19.8 Å². The first-order valence-electron chi connectivity index (χ1n) is 14.0. The van der Waals surface area contributed by atoms with Crippen molar-refractivity contribution in [1.82, 2.24) is 19.8 Å². The highest BCUT2D eigenvalue weighted by Crippen LogP contribution is 2.29. The molecule has 0 radical (unpaired) electrons. The monoisotopic (exact) mass is 595 g/mol. The number of anilines is 1. The predicted molar refractivity (Wildman–Crippen MR) is 156 cm³/mol. The summed E-state index contributed by atoms with van der Waals surface area (Å²) in [4.78, 5) is 35.4. The summed E-state index contributed by atoms with van der Waals surface area (Å²) < 4.78 is 23.8. The van der Waals surface area contributed by atoms with Gasteiger partial charge in [-0.05, 0) is 36.4 Å². The molecule has 0 saturated carbocycles. The molecule has 0 spiro atoms. The normalized spacial score (nSPS) is 16.6. The van der Waals surface area contributed by atoms with Gasteiger partial charge in [0.1, 0.15) is 24.6 Å². The molecule has 0 bridgehead atoms. The molecule has 3 heterocycles. The zero-order chi connectivity index (χ0) is 30.4. The van der Waals surface area contributed by atoms with E-state index in [0.717, 1.165) is 0 Å². The molecular formula is C30H37N5O8. The van der Waals surface area contributed by atoms with Crippen LogP contribution in [0.3, 0.4) is 0 Å². The van der Waals surface area contributed by atoms with E-state index in [1.807, 2.05) is 0 Å². The number of carbonyl (C=O) groups is 2. The van der Waals surface area contributed by atoms with Crippen molar-refractivity contribution < 1.29 is 38.7 Å². The van der Waals surface area contributed by atoms with Crippen LogP contribution in [0.25, 0.3) is 0 Å². The van der Waals surface area contributed by atoms with Crippen molar-refractivity contribution in [2.45, 2.75) is 13.1 Å². The molecule has 43 heavy (non-hydrogen) atoms. The van der Waals surface area contributed by atoms with E-state index in [1.54, 1.807) is 42.5 Å². The third-order valence-electron chi connectivity index (χ3n) is 6.60. The SMILES string of the molecule is Nc1ccc2c(c1)OCCN(Cc1cccc(C(=O)O)n1)CCOCCOCCN(Cc1cccc(C(=O)O)n1)CCO2. The summed E-state index contributed by atoms with van der Waals surface area (Å²) >= 11 is 0. The Morgan fingerprint density at radius 3 is 1.67 bits per heavy atom. The number of benzene rings is 1. The first-order chi connectivity index (χ1) is 20.9. The largest absolute Gasteiger partial charge is 0.488 e. The lowest BCUT2D eigenvalue weighted by Gasteiger charge is -2.24. The van der Waals surface area contributed by atoms with Crippen LogP contribution in [0.2, 0.25) is 0 Å². The van der Waals surface area contributed by atoms with Crippen LogP contribution in [0.1, 0.15) is 32.4 Å². The lowest BCUT2D eigenvalue weighted by molar-refractivity contribution is 0.0268. The molecule has 13 heteroatoms. The van der Waals surface area contributed by atoms with Gasteiger partial charge in [-0.15, -0.1) is 0 Å². The van der Waals surface area contributed by atoms with E-state index in [4.69, 9.17) is 24.7 Å². The minimum absolute atomic E-state index is 0.00388. The number of hydrogen-bond acceptors (Lipinski definition) is 11. The van der Waals surface area contributed by atoms with Crippen LogP contribution in [0.4, 0.5) is 5.69 Å². The number of carboxylic acid groups (broad SMARTS) is 2. The average Bonchev–Trinajstić information content (AvgIpc) is 2.99. The summed E-state index contributed by atoms with van der Waals surface area (Å²) in [6, 6.07) is 15.1. The predicted octanol–water partition coefficient (Wildman–Crippen LogP) is 2.26. The zero-order valence-corrected chi connectivity index (χ0v) is 23.9. The molecule has 1 aliphatic heterocycles. The van der Waals surface area contributed by atoms with Gasteiger partial charge in [-0.25, -0.2) is 19.6 Å². The van der Waals surface area contributed by atoms with Crippen LogP contribution in [0.15, 0.2) is 54.6 Å². The molecule has 0 unspecified atom stereocenters. The standard InChI is InChI=1S/C30H37N5O8/c31-22-7-8-27-28(19-22)43-16-12-35(21-24-4-2-6-26(33-24)30(38)39)10-14-41-18-17-40-13-9-34(11-15-42-27)20-23-3-1-5-25(32-23)29(36)37/h1-8,19H,9-18,20-21,31H2,(H,36,37)(H,38,39). The Bertz CT molecular complexity index is 1360. The molecule has 4 N–H and O–H groups in total. The van der Waals surface area contributed by atoms with Crippen LogP contribution in [-0.2, 0) is 22.6 Å². The van der Waals surface area contributed by atoms with Crippen molar-refractivity contribution in [2.75, 3.05) is 71.6 Å². The summed E-state index contributed by atoms with van der Waals surface area (Å²) in [5, 5.41) is 18.6. The van der Waals surface area contributed by atoms with Gasteiger partial charge in [0.25, 0.3) is 0 Å². The molecule has 1 aromatic carbocycles. The summed E-state index contributed by atoms with van der Waals surface area (Å²) in [7, 11) is 0. The molecule has 13 nitrogen and oxygen atoms in total. The number of nitrogen functional groups attached to an aromatic ring is 1. The van der Waals surface area contributed by atoms with E-state index in [1.165, 1.54) is 12.1 Å². The molecular weight excluding hydrogens is 558 g/mol. The molecule has 4 rings (SSSR count). The highest BCUT2D eigenvalue weighted by Gasteiger charge is 2.14. The van der Waals surface area contributed by atoms with Crippen molar-refractivity contribution in [3.05, 3.63) is 77.4 Å². The first kappa shape index (κ1) is 31.6. The minimum atomic E-state index is -1.07. The number of hydrogen-bond donors (Lipinski definition) is 3. The van der Waals surface area contributed by atoms with Crippen molar-refractivity contribution in [1.29, 1.82) is 0 Å². The van der Waals surface area contributed by atoms with Crippen LogP contribution in [0.5, 0.6) is 11.5 Å². The van der Waals surface area contributed by atoms with E-state index in [-0.39, 0.29) is 11.4 Å². The van der Waals surface area contributed by atoms with Gasteiger partial charge in [-0.3, -0.25) is 9.80 Å². The lowest BCUT2D eigenvalue weighted by atomic mass is 10.2. The quantitative estimate of drug-likeness (QED) is 0.355. The molecule has 0 amide bonds. The second-order valence-electron chi connectivity index (χ2n) is 9.82. The number of pyridine rings is 2. The summed E-state index contributed by atoms with van der Waals surface area (Å²) in [5.41, 5.74) is 7.83. The number of fused-ring (bicyclic) bond motifs is 1. The lowest BCUT2D eigenvalue weighted by Crippen LogP contribution is -2.33. The Kier molecular flexibility index (Phi) is 12.0. The molecule has 0 fully saturated rings. The van der Waals surface area contributed by atoms with Crippen molar-refractivity contribution in [3.63, 3.8) is 0 Å². The van der Waals surface area contributed by atoms with E-state index in [2.05, 4.69) is 19.8 Å². The van der Waals surface area contributed by atoms with Gasteiger partial charge in [0.15, 0.2) is 11.5 Å². The second kappa shape index (κ2) is 16.4. The molecule has 3 aromatic rings. The van der Waals surface area contributed by atoms with Gasteiger partial charge in [-0.2, -0.15) is 0 Å². The number of nitrogens with two attached hydrogens (primary N) is 1. The number of ether oxygens (including phenoxy) is 4. The maximum absolute atomic E-state index is 11.4. The molecule has 0 aliphatic carbocycles. The molecule has 0 saturated heterocycles. The summed E-state index contributed by atoms with van der Waals surface area (Å²) in [6.45, 7) is 5.39.